The van der Waals surface area contributed by atoms with Crippen molar-refractivity contribution in [1.82, 2.24) is 5.32 Å². The summed E-state index contributed by atoms with van der Waals surface area (Å²) in [4.78, 5) is 25.9. The van der Waals surface area contributed by atoms with Crippen LogP contribution < -0.4 is 10.2 Å². The normalized spacial score (nSPS) is 19.5. The summed E-state index contributed by atoms with van der Waals surface area (Å²) in [5, 5.41) is 2.79. The van der Waals surface area contributed by atoms with Gasteiger partial charge in [0.05, 0.1) is 5.56 Å². The Kier molecular flexibility index (Phi) is 5.38. The molecule has 0 aromatic heterocycles. The minimum absolute atomic E-state index is 0.0437. The second kappa shape index (κ2) is 7.69. The van der Waals surface area contributed by atoms with Gasteiger partial charge in [0.1, 0.15) is 6.10 Å². The minimum Gasteiger partial charge on any atom is -0.459 e. The molecule has 0 atom stereocenters. The number of aryl methyl sites for hydroxylation is 1. The number of carbonyl (C=O) groups is 2. The fourth-order valence-electron chi connectivity index (χ4n) is 3.54. The van der Waals surface area contributed by atoms with Crippen molar-refractivity contribution in [1.29, 1.82) is 0 Å². The van der Waals surface area contributed by atoms with Crippen LogP contribution >= 0.6 is 0 Å². The van der Waals surface area contributed by atoms with Crippen molar-refractivity contribution in [3.05, 3.63) is 29.3 Å². The van der Waals surface area contributed by atoms with Crippen LogP contribution in [0.5, 0.6) is 0 Å². The van der Waals surface area contributed by atoms with Crippen molar-refractivity contribution in [3.63, 3.8) is 0 Å². The van der Waals surface area contributed by atoms with Gasteiger partial charge in [0.25, 0.3) is 0 Å². The maximum Gasteiger partial charge on any atom is 0.338 e. The predicted octanol–water partition coefficient (Wildman–Crippen LogP) is 3.79. The Balaban J connectivity index is 1.66. The van der Waals surface area contributed by atoms with Crippen LogP contribution in [-0.4, -0.2) is 31.2 Å². The molecule has 2 aliphatic rings. The lowest BCUT2D eigenvalue weighted by atomic mass is 9.98. The van der Waals surface area contributed by atoms with Crippen LogP contribution in [0.3, 0.4) is 0 Å². The lowest BCUT2D eigenvalue weighted by molar-refractivity contribution is 0.0239. The fourth-order valence-corrected chi connectivity index (χ4v) is 3.54. The molecule has 130 valence electrons. The third-order valence-corrected chi connectivity index (χ3v) is 4.91. The van der Waals surface area contributed by atoms with E-state index in [1.54, 1.807) is 11.0 Å². The van der Waals surface area contributed by atoms with Crippen LogP contribution in [0, 0.1) is 6.92 Å². The zero-order chi connectivity index (χ0) is 16.9. The topological polar surface area (TPSA) is 58.6 Å². The van der Waals surface area contributed by atoms with Gasteiger partial charge in [-0.2, -0.15) is 0 Å². The van der Waals surface area contributed by atoms with Crippen molar-refractivity contribution in [2.24, 2.45) is 0 Å². The monoisotopic (exact) mass is 330 g/mol. The lowest BCUT2D eigenvalue weighted by Crippen LogP contribution is -2.28. The van der Waals surface area contributed by atoms with E-state index in [2.05, 4.69) is 5.32 Å². The van der Waals surface area contributed by atoms with E-state index in [4.69, 9.17) is 4.74 Å². The van der Waals surface area contributed by atoms with E-state index >= 15 is 0 Å². The van der Waals surface area contributed by atoms with Gasteiger partial charge in [0, 0.05) is 18.8 Å². The molecule has 0 spiro atoms. The maximum absolute atomic E-state index is 12.4. The molecule has 24 heavy (non-hydrogen) atoms. The standard InChI is InChI=1S/C19H26N2O3/c1-14-13-15(9-10-17(14)21-12-11-20-19(21)23)18(22)24-16-7-5-3-2-4-6-8-16/h9-10,13,16H,2-8,11-12H2,1H3,(H,20,23). The van der Waals surface area contributed by atoms with E-state index in [-0.39, 0.29) is 18.1 Å². The van der Waals surface area contributed by atoms with Crippen molar-refractivity contribution in [3.8, 4) is 0 Å². The Morgan fingerprint density at radius 2 is 1.88 bits per heavy atom. The summed E-state index contributed by atoms with van der Waals surface area (Å²) >= 11 is 0. The molecule has 1 aliphatic carbocycles. The first-order valence-corrected chi connectivity index (χ1v) is 9.02. The predicted molar refractivity (Wildman–Crippen MR) is 93.4 cm³/mol. The molecule has 2 amide bonds. The highest BCUT2D eigenvalue weighted by Gasteiger charge is 2.23. The average Bonchev–Trinajstić information content (AvgIpc) is 2.95. The largest absolute Gasteiger partial charge is 0.459 e. The summed E-state index contributed by atoms with van der Waals surface area (Å²) in [5.74, 6) is -0.249. The van der Waals surface area contributed by atoms with Crippen LogP contribution in [0.2, 0.25) is 0 Å². The maximum atomic E-state index is 12.4. The second-order valence-electron chi connectivity index (χ2n) is 6.76. The number of nitrogens with one attached hydrogen (secondary N) is 1. The third kappa shape index (κ3) is 3.89. The highest BCUT2D eigenvalue weighted by Crippen LogP contribution is 2.25. The van der Waals surface area contributed by atoms with Crippen LogP contribution in [0.25, 0.3) is 0 Å². The van der Waals surface area contributed by atoms with Gasteiger partial charge in [-0.05, 0) is 56.4 Å². The summed E-state index contributed by atoms with van der Waals surface area (Å²) in [6, 6.07) is 5.35. The van der Waals surface area contributed by atoms with E-state index < -0.39 is 0 Å². The molecular formula is C19H26N2O3. The molecule has 5 heteroatoms. The van der Waals surface area contributed by atoms with Crippen molar-refractivity contribution >= 4 is 17.7 Å². The number of carbonyl (C=O) groups excluding carboxylic acids is 2. The number of anilines is 1. The zero-order valence-corrected chi connectivity index (χ0v) is 14.3. The van der Waals surface area contributed by atoms with Crippen molar-refractivity contribution in [2.45, 2.75) is 58.0 Å². The summed E-state index contributed by atoms with van der Waals surface area (Å²) in [5.41, 5.74) is 2.34. The van der Waals surface area contributed by atoms with Gasteiger partial charge in [-0.15, -0.1) is 0 Å². The minimum atomic E-state index is -0.249. The zero-order valence-electron chi connectivity index (χ0n) is 14.3. The Labute approximate surface area is 143 Å². The SMILES string of the molecule is Cc1cc(C(=O)OC2CCCCCCC2)ccc1N1CCNC1=O. The van der Waals surface area contributed by atoms with Gasteiger partial charge < -0.3 is 10.1 Å². The van der Waals surface area contributed by atoms with Crippen LogP contribution in [-0.2, 0) is 4.74 Å². The average molecular weight is 330 g/mol. The summed E-state index contributed by atoms with van der Waals surface area (Å²) in [7, 11) is 0. The first-order chi connectivity index (χ1) is 11.6. The number of ether oxygens (including phenoxy) is 1. The van der Waals surface area contributed by atoms with Gasteiger partial charge in [0.2, 0.25) is 0 Å². The molecule has 2 fully saturated rings. The van der Waals surface area contributed by atoms with Gasteiger partial charge in [-0.3, -0.25) is 4.90 Å². The number of hydrogen-bond donors (Lipinski definition) is 1. The molecule has 5 nitrogen and oxygen atoms in total. The highest BCUT2D eigenvalue weighted by molar-refractivity contribution is 5.96. The quantitative estimate of drug-likeness (QED) is 0.858. The van der Waals surface area contributed by atoms with Gasteiger partial charge in [-0.1, -0.05) is 19.3 Å². The lowest BCUT2D eigenvalue weighted by Gasteiger charge is -2.21. The Morgan fingerprint density at radius 1 is 1.17 bits per heavy atom. The molecule has 1 aliphatic heterocycles. The summed E-state index contributed by atoms with van der Waals surface area (Å²) in [6.45, 7) is 3.24. The Bertz CT molecular complexity index is 607. The van der Waals surface area contributed by atoms with Gasteiger partial charge in [0.15, 0.2) is 0 Å². The molecule has 1 aromatic rings. The Morgan fingerprint density at radius 3 is 2.50 bits per heavy atom. The number of benzene rings is 1. The molecule has 1 saturated heterocycles. The van der Waals surface area contributed by atoms with Crippen LogP contribution in [0.15, 0.2) is 18.2 Å². The van der Waals surface area contributed by atoms with E-state index in [1.165, 1.54) is 19.3 Å². The number of esters is 1. The highest BCUT2D eigenvalue weighted by atomic mass is 16.5. The van der Waals surface area contributed by atoms with Crippen molar-refractivity contribution < 1.29 is 14.3 Å². The first-order valence-electron chi connectivity index (χ1n) is 9.02. The molecule has 0 radical (unpaired) electrons. The van der Waals surface area contributed by atoms with E-state index in [9.17, 15) is 9.59 Å². The van der Waals surface area contributed by atoms with E-state index in [1.807, 2.05) is 19.1 Å². The molecular weight excluding hydrogens is 304 g/mol. The first kappa shape index (κ1) is 16.8. The van der Waals surface area contributed by atoms with Gasteiger partial charge in [-0.25, -0.2) is 9.59 Å². The molecule has 1 aromatic carbocycles. The van der Waals surface area contributed by atoms with E-state index in [0.29, 0.717) is 18.7 Å². The number of rotatable bonds is 3. The van der Waals surface area contributed by atoms with Crippen molar-refractivity contribution in [2.75, 3.05) is 18.0 Å². The molecule has 0 unspecified atom stereocenters. The number of hydrogen-bond acceptors (Lipinski definition) is 3. The molecule has 1 heterocycles. The van der Waals surface area contributed by atoms with Crippen LogP contribution in [0.4, 0.5) is 10.5 Å². The summed E-state index contributed by atoms with van der Waals surface area (Å²) in [6.07, 6.45) is 8.03. The summed E-state index contributed by atoms with van der Waals surface area (Å²) < 4.78 is 5.72. The molecule has 0 bridgehead atoms. The third-order valence-electron chi connectivity index (χ3n) is 4.91. The van der Waals surface area contributed by atoms with Crippen LogP contribution in [0.1, 0.15) is 60.9 Å². The second-order valence-corrected chi connectivity index (χ2v) is 6.76. The fraction of sp³-hybridized carbons (Fsp3) is 0.579. The molecule has 3 rings (SSSR count). The number of urea groups is 1. The number of nitrogens with zero attached hydrogens (tertiary/aromatic N) is 1. The molecule has 1 saturated carbocycles. The molecule has 1 N–H and O–H groups in total. The Hall–Kier alpha value is -2.04. The van der Waals surface area contributed by atoms with E-state index in [0.717, 1.165) is 36.9 Å². The van der Waals surface area contributed by atoms with Gasteiger partial charge >= 0.3 is 12.0 Å². The smallest absolute Gasteiger partial charge is 0.338 e. The number of amides is 2.